The molecule has 0 saturated carbocycles. The summed E-state index contributed by atoms with van der Waals surface area (Å²) in [5.41, 5.74) is 0.140. The van der Waals surface area contributed by atoms with Crippen molar-refractivity contribution >= 4 is 38.9 Å². The maximum Gasteiger partial charge on any atom is 0.264 e. The van der Waals surface area contributed by atoms with E-state index in [0.29, 0.717) is 11.4 Å². The average molecular weight is 475 g/mol. The van der Waals surface area contributed by atoms with Gasteiger partial charge in [0, 0.05) is 0 Å². The number of sulfonamides is 1. The molecule has 32 heavy (non-hydrogen) atoms. The van der Waals surface area contributed by atoms with Crippen molar-refractivity contribution < 1.29 is 22.3 Å². The molecule has 0 aromatic heterocycles. The molecular formula is C23H20ClFN2O4S. The number of hydrogen-bond acceptors (Lipinski definition) is 4. The van der Waals surface area contributed by atoms with Crippen LogP contribution in [0, 0.1) is 5.82 Å². The summed E-state index contributed by atoms with van der Waals surface area (Å²) in [6.07, 6.45) is 1.44. The van der Waals surface area contributed by atoms with Crippen LogP contribution in [-0.4, -0.2) is 28.0 Å². The van der Waals surface area contributed by atoms with Crippen LogP contribution in [-0.2, 0) is 10.0 Å². The molecule has 0 heterocycles. The number of carbonyl (C=O) groups is 1. The van der Waals surface area contributed by atoms with Crippen molar-refractivity contribution in [3.63, 3.8) is 0 Å². The number of benzene rings is 3. The van der Waals surface area contributed by atoms with Gasteiger partial charge in [-0.3, -0.25) is 9.10 Å². The van der Waals surface area contributed by atoms with Crippen molar-refractivity contribution in [1.29, 1.82) is 0 Å². The number of ether oxygens (including phenoxy) is 1. The van der Waals surface area contributed by atoms with E-state index >= 15 is 0 Å². The van der Waals surface area contributed by atoms with Gasteiger partial charge in [0.05, 0.1) is 40.5 Å². The second kappa shape index (κ2) is 9.84. The van der Waals surface area contributed by atoms with Gasteiger partial charge in [0.25, 0.3) is 15.9 Å². The first-order chi connectivity index (χ1) is 15.3. The van der Waals surface area contributed by atoms with E-state index in [1.54, 1.807) is 30.3 Å². The predicted molar refractivity (Wildman–Crippen MR) is 124 cm³/mol. The molecule has 0 atom stereocenters. The fraction of sp³-hybridized carbons (Fsp3) is 0.0870. The van der Waals surface area contributed by atoms with Gasteiger partial charge in [-0.05, 0) is 42.5 Å². The lowest BCUT2D eigenvalue weighted by Crippen LogP contribution is -2.31. The third-order valence-corrected chi connectivity index (χ3v) is 6.65. The molecule has 0 radical (unpaired) electrons. The number of amides is 1. The van der Waals surface area contributed by atoms with Gasteiger partial charge in [-0.15, -0.1) is 6.58 Å². The number of para-hydroxylation sites is 3. The van der Waals surface area contributed by atoms with Gasteiger partial charge in [-0.1, -0.05) is 41.9 Å². The predicted octanol–water partition coefficient (Wildman–Crippen LogP) is 5.12. The maximum atomic E-state index is 13.9. The SMILES string of the molecule is C=CCN(c1ccccc1OC)S(=O)(=O)c1ccc(Cl)c(C(=O)Nc2ccccc2F)c1. The van der Waals surface area contributed by atoms with Crippen LogP contribution in [0.1, 0.15) is 10.4 Å². The second-order valence-electron chi connectivity index (χ2n) is 6.57. The molecule has 9 heteroatoms. The van der Waals surface area contributed by atoms with Crippen LogP contribution in [0.4, 0.5) is 15.8 Å². The Morgan fingerprint density at radius 2 is 1.84 bits per heavy atom. The molecule has 0 aliphatic carbocycles. The molecule has 0 bridgehead atoms. The Kier molecular flexibility index (Phi) is 7.17. The van der Waals surface area contributed by atoms with Gasteiger partial charge in [-0.2, -0.15) is 0 Å². The standard InChI is InChI=1S/C23H20ClFN2O4S/c1-3-14-27(21-10-6-7-11-22(21)31-2)32(29,30)16-12-13-18(24)17(15-16)23(28)26-20-9-5-4-8-19(20)25/h3-13,15H,1,14H2,2H3,(H,26,28). The molecule has 6 nitrogen and oxygen atoms in total. The Hall–Kier alpha value is -3.36. The molecular weight excluding hydrogens is 455 g/mol. The third kappa shape index (κ3) is 4.76. The monoisotopic (exact) mass is 474 g/mol. The normalized spacial score (nSPS) is 11.0. The molecule has 166 valence electrons. The van der Waals surface area contributed by atoms with Crippen molar-refractivity contribution in [1.82, 2.24) is 0 Å². The summed E-state index contributed by atoms with van der Waals surface area (Å²) in [6, 6.07) is 16.0. The fourth-order valence-electron chi connectivity index (χ4n) is 3.00. The summed E-state index contributed by atoms with van der Waals surface area (Å²) in [7, 11) is -2.70. The summed E-state index contributed by atoms with van der Waals surface area (Å²) < 4.78 is 47.3. The van der Waals surface area contributed by atoms with Crippen LogP contribution in [0.2, 0.25) is 5.02 Å². The Bertz CT molecular complexity index is 1260. The van der Waals surface area contributed by atoms with Gasteiger partial charge in [0.15, 0.2) is 0 Å². The number of carbonyl (C=O) groups excluding carboxylic acids is 1. The highest BCUT2D eigenvalue weighted by Crippen LogP contribution is 2.33. The Balaban J connectivity index is 2.03. The topological polar surface area (TPSA) is 75.7 Å². The largest absolute Gasteiger partial charge is 0.495 e. The summed E-state index contributed by atoms with van der Waals surface area (Å²) in [5, 5.41) is 2.43. The quantitative estimate of drug-likeness (QED) is 0.460. The molecule has 0 aliphatic rings. The van der Waals surface area contributed by atoms with Crippen LogP contribution < -0.4 is 14.4 Å². The molecule has 0 fully saturated rings. The minimum Gasteiger partial charge on any atom is -0.495 e. The Morgan fingerprint density at radius 3 is 2.53 bits per heavy atom. The molecule has 3 aromatic carbocycles. The molecule has 3 rings (SSSR count). The van der Waals surface area contributed by atoms with Crippen molar-refractivity contribution in [2.75, 3.05) is 23.3 Å². The zero-order valence-electron chi connectivity index (χ0n) is 17.1. The zero-order valence-corrected chi connectivity index (χ0v) is 18.7. The lowest BCUT2D eigenvalue weighted by atomic mass is 10.2. The molecule has 1 N–H and O–H groups in total. The van der Waals surface area contributed by atoms with E-state index in [-0.39, 0.29) is 27.7 Å². The number of nitrogens with zero attached hydrogens (tertiary/aromatic N) is 1. The number of rotatable bonds is 8. The third-order valence-electron chi connectivity index (χ3n) is 4.54. The van der Waals surface area contributed by atoms with Crippen molar-refractivity contribution in [3.8, 4) is 5.75 Å². The van der Waals surface area contributed by atoms with Crippen molar-refractivity contribution in [3.05, 3.63) is 95.8 Å². The van der Waals surface area contributed by atoms with Crippen molar-refractivity contribution in [2.24, 2.45) is 0 Å². The summed E-state index contributed by atoms with van der Waals surface area (Å²) in [6.45, 7) is 3.60. The van der Waals surface area contributed by atoms with Crippen LogP contribution >= 0.6 is 11.6 Å². The smallest absolute Gasteiger partial charge is 0.264 e. The Labute approximate surface area is 190 Å². The van der Waals surface area contributed by atoms with E-state index in [1.807, 2.05) is 0 Å². The number of methoxy groups -OCH3 is 1. The number of anilines is 2. The summed E-state index contributed by atoms with van der Waals surface area (Å²) in [5.74, 6) is -1.02. The minimum absolute atomic E-state index is 0.0188. The highest BCUT2D eigenvalue weighted by atomic mass is 35.5. The van der Waals surface area contributed by atoms with Gasteiger partial charge in [0.2, 0.25) is 0 Å². The number of hydrogen-bond donors (Lipinski definition) is 1. The molecule has 0 aliphatic heterocycles. The fourth-order valence-corrected chi connectivity index (χ4v) is 4.67. The van der Waals surface area contributed by atoms with E-state index in [4.69, 9.17) is 16.3 Å². The first kappa shape index (κ1) is 23.3. The molecule has 1 amide bonds. The van der Waals surface area contributed by atoms with Crippen LogP contribution in [0.25, 0.3) is 0 Å². The summed E-state index contributed by atoms with van der Waals surface area (Å²) >= 11 is 6.15. The lowest BCUT2D eigenvalue weighted by molar-refractivity contribution is 0.102. The van der Waals surface area contributed by atoms with Crippen LogP contribution in [0.5, 0.6) is 5.75 Å². The molecule has 3 aromatic rings. The molecule has 0 saturated heterocycles. The zero-order chi connectivity index (χ0) is 23.3. The van der Waals surface area contributed by atoms with E-state index in [9.17, 15) is 17.6 Å². The van der Waals surface area contributed by atoms with E-state index in [0.717, 1.165) is 10.4 Å². The van der Waals surface area contributed by atoms with E-state index in [2.05, 4.69) is 11.9 Å². The highest BCUT2D eigenvalue weighted by molar-refractivity contribution is 7.92. The molecule has 0 unspecified atom stereocenters. The van der Waals surface area contributed by atoms with E-state index in [1.165, 1.54) is 43.5 Å². The summed E-state index contributed by atoms with van der Waals surface area (Å²) in [4.78, 5) is 12.6. The van der Waals surface area contributed by atoms with Crippen LogP contribution in [0.3, 0.4) is 0 Å². The van der Waals surface area contributed by atoms with Gasteiger partial charge >= 0.3 is 0 Å². The Morgan fingerprint density at radius 1 is 1.16 bits per heavy atom. The average Bonchev–Trinajstić information content (AvgIpc) is 2.79. The molecule has 0 spiro atoms. The lowest BCUT2D eigenvalue weighted by Gasteiger charge is -2.25. The number of nitrogens with one attached hydrogen (secondary N) is 1. The van der Waals surface area contributed by atoms with Crippen molar-refractivity contribution in [2.45, 2.75) is 4.90 Å². The van der Waals surface area contributed by atoms with Gasteiger partial charge in [-0.25, -0.2) is 12.8 Å². The number of halogens is 2. The maximum absolute atomic E-state index is 13.9. The van der Waals surface area contributed by atoms with E-state index < -0.39 is 21.7 Å². The van der Waals surface area contributed by atoms with Crippen LogP contribution in [0.15, 0.2) is 84.3 Å². The van der Waals surface area contributed by atoms with Gasteiger partial charge in [0.1, 0.15) is 11.6 Å². The van der Waals surface area contributed by atoms with Gasteiger partial charge < -0.3 is 10.1 Å². The first-order valence-electron chi connectivity index (χ1n) is 9.41. The first-order valence-corrected chi connectivity index (χ1v) is 11.2. The second-order valence-corrected chi connectivity index (χ2v) is 8.84. The minimum atomic E-state index is -4.13. The highest BCUT2D eigenvalue weighted by Gasteiger charge is 2.28.